The van der Waals surface area contributed by atoms with Gasteiger partial charge < -0.3 is 16.2 Å². The van der Waals surface area contributed by atoms with Crippen LogP contribution in [0.25, 0.3) is 0 Å². The fourth-order valence-electron chi connectivity index (χ4n) is 3.04. The fraction of sp³-hybridized carbons (Fsp3) is 0.500. The van der Waals surface area contributed by atoms with Crippen LogP contribution >= 0.6 is 0 Å². The lowest BCUT2D eigenvalue weighted by Crippen LogP contribution is -2.58. The van der Waals surface area contributed by atoms with E-state index in [1.165, 1.54) is 0 Å². The summed E-state index contributed by atoms with van der Waals surface area (Å²) in [6.45, 7) is 2.01. The number of carbonyl (C=O) groups is 2. The Morgan fingerprint density at radius 2 is 2.05 bits per heavy atom. The number of carboxylic acids is 1. The molecule has 0 radical (unpaired) electrons. The van der Waals surface area contributed by atoms with Gasteiger partial charge in [0.2, 0.25) is 5.91 Å². The van der Waals surface area contributed by atoms with Gasteiger partial charge in [-0.15, -0.1) is 0 Å². The van der Waals surface area contributed by atoms with Gasteiger partial charge in [0.15, 0.2) is 0 Å². The van der Waals surface area contributed by atoms with Crippen molar-refractivity contribution in [2.45, 2.75) is 44.2 Å². The van der Waals surface area contributed by atoms with E-state index in [-0.39, 0.29) is 5.92 Å². The minimum Gasteiger partial charge on any atom is -0.480 e. The van der Waals surface area contributed by atoms with Gasteiger partial charge in [0, 0.05) is 0 Å². The van der Waals surface area contributed by atoms with Gasteiger partial charge in [-0.3, -0.25) is 4.79 Å². The number of aliphatic carboxylic acids is 1. The van der Waals surface area contributed by atoms with Gasteiger partial charge in [0.25, 0.3) is 0 Å². The van der Waals surface area contributed by atoms with Crippen molar-refractivity contribution < 1.29 is 14.7 Å². The molecule has 4 N–H and O–H groups in total. The molecule has 1 amide bonds. The minimum atomic E-state index is -1.18. The van der Waals surface area contributed by atoms with Gasteiger partial charge in [0.05, 0.1) is 0 Å². The molecule has 1 aliphatic rings. The van der Waals surface area contributed by atoms with Gasteiger partial charge >= 0.3 is 5.97 Å². The van der Waals surface area contributed by atoms with Crippen LogP contribution in [0, 0.1) is 5.92 Å². The summed E-state index contributed by atoms with van der Waals surface area (Å²) in [4.78, 5) is 24.0. The molecule has 1 aromatic rings. The Labute approximate surface area is 124 Å². The number of amides is 1. The molecule has 0 spiro atoms. The predicted molar refractivity (Wildman–Crippen MR) is 79.5 cm³/mol. The first-order valence-corrected chi connectivity index (χ1v) is 7.30. The number of hydrogen-bond donors (Lipinski definition) is 3. The van der Waals surface area contributed by atoms with Crippen molar-refractivity contribution in [1.82, 2.24) is 5.32 Å². The van der Waals surface area contributed by atoms with Gasteiger partial charge in [-0.1, -0.05) is 50.1 Å². The van der Waals surface area contributed by atoms with Crippen molar-refractivity contribution in [2.75, 3.05) is 0 Å². The van der Waals surface area contributed by atoms with E-state index in [0.717, 1.165) is 12.8 Å². The second-order valence-electron chi connectivity index (χ2n) is 5.97. The third kappa shape index (κ3) is 3.42. The molecule has 1 saturated carbocycles. The maximum atomic E-state index is 12.3. The van der Waals surface area contributed by atoms with E-state index in [2.05, 4.69) is 5.32 Å². The molecule has 1 aliphatic carbocycles. The Morgan fingerprint density at radius 3 is 2.62 bits per heavy atom. The van der Waals surface area contributed by atoms with Gasteiger partial charge in [-0.25, -0.2) is 4.79 Å². The van der Waals surface area contributed by atoms with Gasteiger partial charge in [0.1, 0.15) is 11.6 Å². The van der Waals surface area contributed by atoms with Crippen molar-refractivity contribution in [2.24, 2.45) is 11.7 Å². The highest BCUT2D eigenvalue weighted by Gasteiger charge is 2.43. The first-order chi connectivity index (χ1) is 9.94. The molecular weight excluding hydrogens is 268 g/mol. The van der Waals surface area contributed by atoms with E-state index in [1.807, 2.05) is 13.0 Å². The summed E-state index contributed by atoms with van der Waals surface area (Å²) in [6.07, 6.45) is 2.71. The SMILES string of the molecule is CC1CCCC(NC(=O)C(N)c2ccccc2)(C(=O)O)C1. The number of rotatable bonds is 4. The molecule has 21 heavy (non-hydrogen) atoms. The number of carboxylic acid groups (broad SMARTS) is 1. The molecule has 1 fully saturated rings. The Hall–Kier alpha value is -1.88. The van der Waals surface area contributed by atoms with Crippen LogP contribution in [0.15, 0.2) is 30.3 Å². The first-order valence-electron chi connectivity index (χ1n) is 7.30. The first kappa shape index (κ1) is 15.5. The number of benzene rings is 1. The topological polar surface area (TPSA) is 92.4 Å². The van der Waals surface area contributed by atoms with Crippen molar-refractivity contribution in [3.8, 4) is 0 Å². The van der Waals surface area contributed by atoms with Crippen LogP contribution < -0.4 is 11.1 Å². The molecule has 0 bridgehead atoms. The summed E-state index contributed by atoms with van der Waals surface area (Å²) in [5.74, 6) is -1.12. The van der Waals surface area contributed by atoms with Crippen molar-refractivity contribution in [3.63, 3.8) is 0 Å². The molecule has 1 aromatic carbocycles. The highest BCUT2D eigenvalue weighted by Crippen LogP contribution is 2.33. The lowest BCUT2D eigenvalue weighted by Gasteiger charge is -2.37. The van der Waals surface area contributed by atoms with Crippen LogP contribution in [0.2, 0.25) is 0 Å². The smallest absolute Gasteiger partial charge is 0.329 e. The van der Waals surface area contributed by atoms with E-state index < -0.39 is 23.5 Å². The summed E-state index contributed by atoms with van der Waals surface area (Å²) in [5.41, 5.74) is 5.44. The fourth-order valence-corrected chi connectivity index (χ4v) is 3.04. The Bertz CT molecular complexity index is 518. The summed E-state index contributed by atoms with van der Waals surface area (Å²) in [7, 11) is 0. The average molecular weight is 290 g/mol. The van der Waals surface area contributed by atoms with Crippen LogP contribution in [0.1, 0.15) is 44.2 Å². The van der Waals surface area contributed by atoms with Crippen LogP contribution in [0.5, 0.6) is 0 Å². The Morgan fingerprint density at radius 1 is 1.38 bits per heavy atom. The summed E-state index contributed by atoms with van der Waals surface area (Å²) < 4.78 is 0. The molecule has 3 atom stereocenters. The highest BCUT2D eigenvalue weighted by molar-refractivity contribution is 5.90. The Kier molecular flexibility index (Phi) is 4.63. The third-order valence-corrected chi connectivity index (χ3v) is 4.21. The number of carbonyl (C=O) groups excluding carboxylic acids is 1. The quantitative estimate of drug-likeness (QED) is 0.789. The minimum absolute atomic E-state index is 0.281. The number of hydrogen-bond acceptors (Lipinski definition) is 3. The van der Waals surface area contributed by atoms with E-state index in [0.29, 0.717) is 18.4 Å². The van der Waals surface area contributed by atoms with E-state index in [9.17, 15) is 14.7 Å². The van der Waals surface area contributed by atoms with E-state index in [4.69, 9.17) is 5.73 Å². The third-order valence-electron chi connectivity index (χ3n) is 4.21. The molecule has 0 aliphatic heterocycles. The zero-order chi connectivity index (χ0) is 15.5. The van der Waals surface area contributed by atoms with Crippen LogP contribution in [-0.4, -0.2) is 22.5 Å². The second kappa shape index (κ2) is 6.26. The molecule has 0 aromatic heterocycles. The second-order valence-corrected chi connectivity index (χ2v) is 5.97. The molecule has 0 saturated heterocycles. The summed E-state index contributed by atoms with van der Waals surface area (Å²) in [5, 5.41) is 12.2. The number of nitrogens with one attached hydrogen (secondary N) is 1. The number of nitrogens with two attached hydrogens (primary N) is 1. The van der Waals surface area contributed by atoms with Crippen LogP contribution in [0.4, 0.5) is 0 Å². The molecule has 5 heteroatoms. The molecule has 0 heterocycles. The van der Waals surface area contributed by atoms with E-state index >= 15 is 0 Å². The normalized spacial score (nSPS) is 26.9. The standard InChI is InChI=1S/C16H22N2O3/c1-11-6-5-9-16(10-11,15(20)21)18-14(19)13(17)12-7-3-2-4-8-12/h2-4,7-8,11,13H,5-6,9-10,17H2,1H3,(H,18,19)(H,20,21). The average Bonchev–Trinajstić information content (AvgIpc) is 2.47. The lowest BCUT2D eigenvalue weighted by molar-refractivity contribution is -0.150. The van der Waals surface area contributed by atoms with Gasteiger partial charge in [-0.2, -0.15) is 0 Å². The zero-order valence-electron chi connectivity index (χ0n) is 12.2. The zero-order valence-corrected chi connectivity index (χ0v) is 12.2. The van der Waals surface area contributed by atoms with Crippen molar-refractivity contribution in [1.29, 1.82) is 0 Å². The summed E-state index contributed by atoms with van der Waals surface area (Å²) >= 11 is 0. The maximum absolute atomic E-state index is 12.3. The van der Waals surface area contributed by atoms with E-state index in [1.54, 1.807) is 24.3 Å². The predicted octanol–water partition coefficient (Wildman–Crippen LogP) is 1.84. The molecule has 114 valence electrons. The maximum Gasteiger partial charge on any atom is 0.329 e. The highest BCUT2D eigenvalue weighted by atomic mass is 16.4. The molecular formula is C16H22N2O3. The van der Waals surface area contributed by atoms with Crippen molar-refractivity contribution in [3.05, 3.63) is 35.9 Å². The van der Waals surface area contributed by atoms with Gasteiger partial charge in [-0.05, 0) is 24.3 Å². The summed E-state index contributed by atoms with van der Waals surface area (Å²) in [6, 6.07) is 8.13. The van der Waals surface area contributed by atoms with Crippen LogP contribution in [-0.2, 0) is 9.59 Å². The molecule has 3 unspecified atom stereocenters. The van der Waals surface area contributed by atoms with Crippen LogP contribution in [0.3, 0.4) is 0 Å². The monoisotopic (exact) mass is 290 g/mol. The van der Waals surface area contributed by atoms with Crippen molar-refractivity contribution >= 4 is 11.9 Å². The molecule has 5 nitrogen and oxygen atoms in total. The molecule has 2 rings (SSSR count). The Balaban J connectivity index is 2.14. The lowest BCUT2D eigenvalue weighted by atomic mass is 9.76. The largest absolute Gasteiger partial charge is 0.480 e.